The van der Waals surface area contributed by atoms with Gasteiger partial charge in [0.15, 0.2) is 5.78 Å². The van der Waals surface area contributed by atoms with Crippen molar-refractivity contribution >= 4 is 27.6 Å². The van der Waals surface area contributed by atoms with Crippen molar-refractivity contribution in [1.29, 1.82) is 0 Å². The molecule has 2 heteroatoms. The molecule has 0 aliphatic heterocycles. The lowest BCUT2D eigenvalue weighted by Crippen LogP contribution is -1.98. The third kappa shape index (κ3) is 1.99. The van der Waals surface area contributed by atoms with E-state index >= 15 is 0 Å². The predicted molar refractivity (Wildman–Crippen MR) is 95.5 cm³/mol. The lowest BCUT2D eigenvalue weighted by atomic mass is 9.99. The van der Waals surface area contributed by atoms with E-state index < -0.39 is 0 Å². The molecule has 4 rings (SSSR count). The average molecular weight is 299 g/mol. The molecule has 3 aromatic carbocycles. The van der Waals surface area contributed by atoms with Crippen LogP contribution in [0.1, 0.15) is 22.8 Å². The number of aromatic nitrogens is 1. The van der Waals surface area contributed by atoms with Gasteiger partial charge in [0, 0.05) is 22.0 Å². The summed E-state index contributed by atoms with van der Waals surface area (Å²) in [6, 6.07) is 22.7. The molecule has 0 atom stereocenters. The number of carbonyl (C=O) groups is 1. The molecular weight excluding hydrogens is 282 g/mol. The van der Waals surface area contributed by atoms with Gasteiger partial charge < -0.3 is 4.57 Å². The van der Waals surface area contributed by atoms with Crippen molar-refractivity contribution in [3.8, 4) is 5.69 Å². The summed E-state index contributed by atoms with van der Waals surface area (Å²) in [5.41, 5.74) is 5.17. The third-order valence-corrected chi connectivity index (χ3v) is 4.41. The Morgan fingerprint density at radius 2 is 1.52 bits per heavy atom. The molecule has 2 nitrogen and oxygen atoms in total. The van der Waals surface area contributed by atoms with Crippen LogP contribution < -0.4 is 0 Å². The van der Waals surface area contributed by atoms with Crippen LogP contribution in [0.2, 0.25) is 0 Å². The number of para-hydroxylation sites is 2. The second-order valence-corrected chi connectivity index (χ2v) is 5.90. The summed E-state index contributed by atoms with van der Waals surface area (Å²) in [4.78, 5) is 12.3. The van der Waals surface area contributed by atoms with E-state index in [0.717, 1.165) is 38.6 Å². The molecule has 1 aromatic heterocycles. The lowest BCUT2D eigenvalue weighted by Gasteiger charge is -2.09. The van der Waals surface area contributed by atoms with E-state index in [1.54, 1.807) is 6.92 Å². The molecule has 112 valence electrons. The SMILES string of the molecule is CC(=O)c1c(C)ccc2c1c1ccccc1n2-c1ccccc1. The van der Waals surface area contributed by atoms with Gasteiger partial charge in [-0.1, -0.05) is 42.5 Å². The zero-order chi connectivity index (χ0) is 16.0. The molecule has 0 aliphatic rings. The van der Waals surface area contributed by atoms with Crippen molar-refractivity contribution in [3.63, 3.8) is 0 Å². The Bertz CT molecular complexity index is 1040. The van der Waals surface area contributed by atoms with Crippen LogP contribution in [0.25, 0.3) is 27.5 Å². The average Bonchev–Trinajstić information content (AvgIpc) is 2.89. The van der Waals surface area contributed by atoms with Gasteiger partial charge in [-0.15, -0.1) is 0 Å². The van der Waals surface area contributed by atoms with E-state index in [1.807, 2.05) is 43.3 Å². The van der Waals surface area contributed by atoms with Crippen LogP contribution in [-0.2, 0) is 0 Å². The van der Waals surface area contributed by atoms with E-state index in [2.05, 4.69) is 34.9 Å². The van der Waals surface area contributed by atoms with Gasteiger partial charge in [0.2, 0.25) is 0 Å². The van der Waals surface area contributed by atoms with Crippen LogP contribution in [0.5, 0.6) is 0 Å². The highest BCUT2D eigenvalue weighted by molar-refractivity contribution is 6.19. The zero-order valence-electron chi connectivity index (χ0n) is 13.2. The topological polar surface area (TPSA) is 22.0 Å². The predicted octanol–water partition coefficient (Wildman–Crippen LogP) is 5.29. The monoisotopic (exact) mass is 299 g/mol. The van der Waals surface area contributed by atoms with Crippen LogP contribution in [0.3, 0.4) is 0 Å². The normalized spacial score (nSPS) is 11.2. The van der Waals surface area contributed by atoms with Gasteiger partial charge in [0.25, 0.3) is 0 Å². The molecule has 23 heavy (non-hydrogen) atoms. The summed E-state index contributed by atoms with van der Waals surface area (Å²) in [6.07, 6.45) is 0. The summed E-state index contributed by atoms with van der Waals surface area (Å²) in [6.45, 7) is 3.65. The Morgan fingerprint density at radius 3 is 2.26 bits per heavy atom. The van der Waals surface area contributed by atoms with Gasteiger partial charge in [0.05, 0.1) is 11.0 Å². The summed E-state index contributed by atoms with van der Waals surface area (Å²) in [7, 11) is 0. The van der Waals surface area contributed by atoms with Crippen LogP contribution in [0.15, 0.2) is 66.7 Å². The number of rotatable bonds is 2. The fraction of sp³-hybridized carbons (Fsp3) is 0.0952. The summed E-state index contributed by atoms with van der Waals surface area (Å²) >= 11 is 0. The number of ketones is 1. The number of aryl methyl sites for hydroxylation is 1. The van der Waals surface area contributed by atoms with E-state index in [4.69, 9.17) is 0 Å². The highest BCUT2D eigenvalue weighted by Gasteiger charge is 2.18. The molecular formula is C21H17NO. The number of hydrogen-bond acceptors (Lipinski definition) is 1. The summed E-state index contributed by atoms with van der Waals surface area (Å²) < 4.78 is 2.23. The second kappa shape index (κ2) is 5.10. The molecule has 0 saturated carbocycles. The molecule has 0 bridgehead atoms. The highest BCUT2D eigenvalue weighted by atomic mass is 16.1. The lowest BCUT2D eigenvalue weighted by molar-refractivity contribution is 0.101. The number of hydrogen-bond donors (Lipinski definition) is 0. The molecule has 0 amide bonds. The number of fused-ring (bicyclic) bond motifs is 3. The molecule has 0 saturated heterocycles. The van der Waals surface area contributed by atoms with Crippen molar-refractivity contribution in [2.45, 2.75) is 13.8 Å². The largest absolute Gasteiger partial charge is 0.309 e. The molecule has 1 heterocycles. The molecule has 0 fully saturated rings. The fourth-order valence-corrected chi connectivity index (χ4v) is 3.47. The first-order valence-corrected chi connectivity index (χ1v) is 7.77. The summed E-state index contributed by atoms with van der Waals surface area (Å²) in [5.74, 6) is 0.115. The van der Waals surface area contributed by atoms with Crippen LogP contribution in [0.4, 0.5) is 0 Å². The number of benzene rings is 3. The Hall–Kier alpha value is -2.87. The minimum atomic E-state index is 0.115. The molecule has 0 spiro atoms. The van der Waals surface area contributed by atoms with Crippen molar-refractivity contribution in [1.82, 2.24) is 4.57 Å². The van der Waals surface area contributed by atoms with Gasteiger partial charge in [-0.2, -0.15) is 0 Å². The van der Waals surface area contributed by atoms with E-state index in [0.29, 0.717) is 0 Å². The third-order valence-electron chi connectivity index (χ3n) is 4.41. The van der Waals surface area contributed by atoms with Crippen LogP contribution in [0, 0.1) is 6.92 Å². The van der Waals surface area contributed by atoms with Crippen LogP contribution in [-0.4, -0.2) is 10.4 Å². The van der Waals surface area contributed by atoms with Crippen molar-refractivity contribution < 1.29 is 4.79 Å². The number of nitrogens with zero attached hydrogens (tertiary/aromatic N) is 1. The van der Waals surface area contributed by atoms with Gasteiger partial charge in [-0.3, -0.25) is 4.79 Å². The molecule has 0 aliphatic carbocycles. The Balaban J connectivity index is 2.27. The second-order valence-electron chi connectivity index (χ2n) is 5.90. The Morgan fingerprint density at radius 1 is 0.826 bits per heavy atom. The zero-order valence-corrected chi connectivity index (χ0v) is 13.2. The van der Waals surface area contributed by atoms with E-state index in [1.165, 1.54) is 0 Å². The van der Waals surface area contributed by atoms with Crippen molar-refractivity contribution in [2.24, 2.45) is 0 Å². The fourth-order valence-electron chi connectivity index (χ4n) is 3.47. The van der Waals surface area contributed by atoms with Gasteiger partial charge in [-0.25, -0.2) is 0 Å². The molecule has 0 unspecified atom stereocenters. The van der Waals surface area contributed by atoms with Crippen LogP contribution >= 0.6 is 0 Å². The van der Waals surface area contributed by atoms with E-state index in [-0.39, 0.29) is 5.78 Å². The van der Waals surface area contributed by atoms with E-state index in [9.17, 15) is 4.79 Å². The maximum absolute atomic E-state index is 12.3. The minimum Gasteiger partial charge on any atom is -0.309 e. The number of carbonyl (C=O) groups excluding carboxylic acids is 1. The Labute approximate surface area is 135 Å². The number of Topliss-reactive ketones (excluding diaryl/α,β-unsaturated/α-hetero) is 1. The van der Waals surface area contributed by atoms with Gasteiger partial charge in [0.1, 0.15) is 0 Å². The first-order chi connectivity index (χ1) is 11.2. The van der Waals surface area contributed by atoms with Crippen molar-refractivity contribution in [3.05, 3.63) is 77.9 Å². The smallest absolute Gasteiger partial charge is 0.160 e. The molecule has 0 N–H and O–H groups in total. The maximum atomic E-state index is 12.3. The Kier molecular flexibility index (Phi) is 3.05. The first-order valence-electron chi connectivity index (χ1n) is 7.77. The molecule has 0 radical (unpaired) electrons. The molecule has 4 aromatic rings. The quantitative estimate of drug-likeness (QED) is 0.461. The highest BCUT2D eigenvalue weighted by Crippen LogP contribution is 2.35. The summed E-state index contributed by atoms with van der Waals surface area (Å²) in [5, 5.41) is 2.18. The van der Waals surface area contributed by atoms with Gasteiger partial charge in [-0.05, 0) is 43.7 Å². The first kappa shape index (κ1) is 13.8. The standard InChI is InChI=1S/C21H17NO/c1-14-12-13-19-21(20(14)15(2)23)17-10-6-7-11-18(17)22(19)16-8-4-3-5-9-16/h3-13H,1-2H3. The maximum Gasteiger partial charge on any atom is 0.160 e. The van der Waals surface area contributed by atoms with Crippen molar-refractivity contribution in [2.75, 3.05) is 0 Å². The van der Waals surface area contributed by atoms with Gasteiger partial charge >= 0.3 is 0 Å². The minimum absolute atomic E-state index is 0.115.